The summed E-state index contributed by atoms with van der Waals surface area (Å²) in [5.74, 6) is -0.516. The molecule has 0 bridgehead atoms. The number of thiazole rings is 1. The highest BCUT2D eigenvalue weighted by atomic mass is 35.5. The van der Waals surface area contributed by atoms with E-state index in [2.05, 4.69) is 11.2 Å². The molecule has 0 spiro atoms. The van der Waals surface area contributed by atoms with E-state index in [4.69, 9.17) is 16.6 Å². The standard InChI is InChI=1S/C28H23ClN4O2S/c1-17-13-18(2)26-22(14-17)30-28(36-26)32(16-20-9-5-4-6-10-20)27(35)25-24(34)15-19(3)33(31-25)23-12-8-7-11-21(23)29/h4-15H,16H2,1-3H3. The summed E-state index contributed by atoms with van der Waals surface area (Å²) in [6.45, 7) is 6.06. The molecular formula is C28H23ClN4O2S. The van der Waals surface area contributed by atoms with Crippen LogP contribution in [0.4, 0.5) is 5.13 Å². The summed E-state index contributed by atoms with van der Waals surface area (Å²) in [5.41, 5.74) is 4.45. The van der Waals surface area contributed by atoms with E-state index in [1.165, 1.54) is 27.0 Å². The van der Waals surface area contributed by atoms with Crippen molar-refractivity contribution in [1.82, 2.24) is 14.8 Å². The van der Waals surface area contributed by atoms with Gasteiger partial charge in [0.25, 0.3) is 5.91 Å². The molecule has 0 saturated carbocycles. The average Bonchev–Trinajstić information content (AvgIpc) is 3.28. The highest BCUT2D eigenvalue weighted by molar-refractivity contribution is 7.22. The lowest BCUT2D eigenvalue weighted by molar-refractivity contribution is 0.0977. The van der Waals surface area contributed by atoms with Crippen LogP contribution < -0.4 is 10.3 Å². The molecule has 0 aliphatic heterocycles. The first-order chi connectivity index (χ1) is 17.3. The lowest BCUT2D eigenvalue weighted by Crippen LogP contribution is -2.36. The first-order valence-corrected chi connectivity index (χ1v) is 12.6. The minimum atomic E-state index is -0.516. The molecule has 1 amide bonds. The van der Waals surface area contributed by atoms with E-state index in [-0.39, 0.29) is 12.2 Å². The molecule has 2 aromatic heterocycles. The minimum Gasteiger partial charge on any atom is -0.287 e. The van der Waals surface area contributed by atoms with Crippen molar-refractivity contribution in [2.24, 2.45) is 0 Å². The van der Waals surface area contributed by atoms with Crippen LogP contribution in [-0.4, -0.2) is 20.7 Å². The molecule has 3 aromatic carbocycles. The Labute approximate surface area is 217 Å². The number of benzene rings is 3. The molecule has 0 saturated heterocycles. The predicted molar refractivity (Wildman–Crippen MR) is 146 cm³/mol. The molecule has 5 rings (SSSR count). The zero-order valence-corrected chi connectivity index (χ0v) is 21.6. The monoisotopic (exact) mass is 514 g/mol. The molecule has 0 N–H and O–H groups in total. The van der Waals surface area contributed by atoms with Gasteiger partial charge in [-0.1, -0.05) is 71.5 Å². The number of amides is 1. The smallest absolute Gasteiger partial charge is 0.284 e. The average molecular weight is 515 g/mol. The van der Waals surface area contributed by atoms with Crippen molar-refractivity contribution in [3.05, 3.63) is 116 Å². The number of aryl methyl sites for hydroxylation is 3. The number of para-hydroxylation sites is 1. The summed E-state index contributed by atoms with van der Waals surface area (Å²) in [7, 11) is 0. The zero-order valence-electron chi connectivity index (χ0n) is 20.0. The van der Waals surface area contributed by atoms with Crippen LogP contribution in [-0.2, 0) is 6.54 Å². The SMILES string of the molecule is Cc1cc(C)c2sc(N(Cc3ccccc3)C(=O)c3nn(-c4ccccc4Cl)c(C)cc3=O)nc2c1. The number of nitrogens with zero attached hydrogens (tertiary/aromatic N) is 4. The second kappa shape index (κ2) is 9.68. The molecule has 6 nitrogen and oxygen atoms in total. The summed E-state index contributed by atoms with van der Waals surface area (Å²) in [6.07, 6.45) is 0. The molecular weight excluding hydrogens is 492 g/mol. The van der Waals surface area contributed by atoms with E-state index in [1.54, 1.807) is 19.1 Å². The van der Waals surface area contributed by atoms with Crippen molar-refractivity contribution in [3.63, 3.8) is 0 Å². The Bertz CT molecular complexity index is 1660. The lowest BCUT2D eigenvalue weighted by Gasteiger charge is -2.20. The van der Waals surface area contributed by atoms with Gasteiger partial charge in [-0.15, -0.1) is 0 Å². The molecule has 2 heterocycles. The molecule has 0 fully saturated rings. The van der Waals surface area contributed by atoms with E-state index in [9.17, 15) is 9.59 Å². The van der Waals surface area contributed by atoms with Crippen molar-refractivity contribution in [2.45, 2.75) is 27.3 Å². The molecule has 0 atom stereocenters. The normalized spacial score (nSPS) is 11.1. The van der Waals surface area contributed by atoms with Gasteiger partial charge >= 0.3 is 0 Å². The van der Waals surface area contributed by atoms with Gasteiger partial charge in [0.15, 0.2) is 10.8 Å². The maximum atomic E-state index is 14.0. The Morgan fingerprint density at radius 1 is 1.00 bits per heavy atom. The second-order valence-electron chi connectivity index (χ2n) is 8.67. The van der Waals surface area contributed by atoms with Crippen molar-refractivity contribution in [1.29, 1.82) is 0 Å². The zero-order chi connectivity index (χ0) is 25.4. The number of carbonyl (C=O) groups excluding carboxylic acids is 1. The van der Waals surface area contributed by atoms with E-state index >= 15 is 0 Å². The van der Waals surface area contributed by atoms with Crippen LogP contribution in [0.5, 0.6) is 0 Å². The topological polar surface area (TPSA) is 68.1 Å². The van der Waals surface area contributed by atoms with Crippen LogP contribution in [0.3, 0.4) is 0 Å². The Hall–Kier alpha value is -3.81. The molecule has 36 heavy (non-hydrogen) atoms. The number of carbonyl (C=O) groups is 1. The molecule has 0 unspecified atom stereocenters. The van der Waals surface area contributed by atoms with Gasteiger partial charge in [-0.2, -0.15) is 5.10 Å². The van der Waals surface area contributed by atoms with Crippen LogP contribution in [0, 0.1) is 20.8 Å². The fourth-order valence-corrected chi connectivity index (χ4v) is 5.39. The van der Waals surface area contributed by atoms with Gasteiger partial charge in [-0.3, -0.25) is 14.5 Å². The van der Waals surface area contributed by atoms with E-state index in [0.29, 0.717) is 21.5 Å². The van der Waals surface area contributed by atoms with Crippen molar-refractivity contribution < 1.29 is 4.79 Å². The molecule has 5 aromatic rings. The molecule has 0 radical (unpaired) electrons. The quantitative estimate of drug-likeness (QED) is 0.277. The summed E-state index contributed by atoms with van der Waals surface area (Å²) in [4.78, 5) is 33.3. The Morgan fingerprint density at radius 3 is 2.47 bits per heavy atom. The van der Waals surface area contributed by atoms with Crippen LogP contribution >= 0.6 is 22.9 Å². The molecule has 8 heteroatoms. The third kappa shape index (κ3) is 4.55. The summed E-state index contributed by atoms with van der Waals surface area (Å²) >= 11 is 7.83. The van der Waals surface area contributed by atoms with Crippen LogP contribution in [0.15, 0.2) is 77.6 Å². The summed E-state index contributed by atoms with van der Waals surface area (Å²) in [5, 5.41) is 5.46. The van der Waals surface area contributed by atoms with Gasteiger partial charge in [0.05, 0.1) is 27.5 Å². The maximum Gasteiger partial charge on any atom is 0.284 e. The lowest BCUT2D eigenvalue weighted by atomic mass is 10.1. The third-order valence-corrected chi connectivity index (χ3v) is 7.41. The number of rotatable bonds is 5. The number of hydrogen-bond donors (Lipinski definition) is 0. The Kier molecular flexibility index (Phi) is 6.43. The summed E-state index contributed by atoms with van der Waals surface area (Å²) < 4.78 is 2.54. The minimum absolute atomic E-state index is 0.191. The number of halogens is 1. The molecule has 0 aliphatic rings. The number of anilines is 1. The Morgan fingerprint density at radius 2 is 1.72 bits per heavy atom. The number of aromatic nitrogens is 3. The predicted octanol–water partition coefficient (Wildman–Crippen LogP) is 6.27. The Balaban J connectivity index is 1.65. The number of hydrogen-bond acceptors (Lipinski definition) is 5. The number of fused-ring (bicyclic) bond motifs is 1. The fraction of sp³-hybridized carbons (Fsp3) is 0.143. The van der Waals surface area contributed by atoms with Crippen LogP contribution in [0.25, 0.3) is 15.9 Å². The maximum absolute atomic E-state index is 14.0. The first kappa shape index (κ1) is 23.9. The van der Waals surface area contributed by atoms with Gasteiger partial charge < -0.3 is 0 Å². The van der Waals surface area contributed by atoms with E-state index < -0.39 is 11.3 Å². The van der Waals surface area contributed by atoms with Gasteiger partial charge in [0.1, 0.15) is 0 Å². The highest BCUT2D eigenvalue weighted by Gasteiger charge is 2.26. The van der Waals surface area contributed by atoms with Gasteiger partial charge in [-0.25, -0.2) is 9.67 Å². The summed E-state index contributed by atoms with van der Waals surface area (Å²) in [6, 6.07) is 22.3. The van der Waals surface area contributed by atoms with Gasteiger partial charge in [0, 0.05) is 11.8 Å². The largest absolute Gasteiger partial charge is 0.287 e. The van der Waals surface area contributed by atoms with Crippen LogP contribution in [0.2, 0.25) is 5.02 Å². The van der Waals surface area contributed by atoms with Crippen molar-refractivity contribution in [3.8, 4) is 5.69 Å². The van der Waals surface area contributed by atoms with Crippen LogP contribution in [0.1, 0.15) is 32.9 Å². The fourth-order valence-electron chi connectivity index (χ4n) is 4.16. The first-order valence-electron chi connectivity index (χ1n) is 11.4. The molecule has 180 valence electrons. The van der Waals surface area contributed by atoms with Gasteiger partial charge in [0.2, 0.25) is 5.43 Å². The van der Waals surface area contributed by atoms with E-state index in [0.717, 1.165) is 26.9 Å². The highest BCUT2D eigenvalue weighted by Crippen LogP contribution is 2.33. The third-order valence-electron chi connectivity index (χ3n) is 5.86. The molecule has 0 aliphatic carbocycles. The van der Waals surface area contributed by atoms with Crippen molar-refractivity contribution >= 4 is 44.2 Å². The van der Waals surface area contributed by atoms with Crippen molar-refractivity contribution in [2.75, 3.05) is 4.90 Å². The second-order valence-corrected chi connectivity index (χ2v) is 10.0. The van der Waals surface area contributed by atoms with Gasteiger partial charge in [-0.05, 0) is 55.7 Å². The van der Waals surface area contributed by atoms with E-state index in [1.807, 2.05) is 62.4 Å².